The van der Waals surface area contributed by atoms with E-state index >= 15 is 0 Å². The second kappa shape index (κ2) is 12.2. The third kappa shape index (κ3) is 4.85. The number of benzene rings is 7. The molecule has 0 N–H and O–H groups in total. The van der Waals surface area contributed by atoms with E-state index in [1.54, 1.807) is 0 Å². The van der Waals surface area contributed by atoms with Crippen LogP contribution in [0, 0.1) is 0 Å². The molecule has 0 spiro atoms. The molecule has 62 heavy (non-hydrogen) atoms. The van der Waals surface area contributed by atoms with E-state index in [4.69, 9.17) is 9.15 Å². The number of nitrogens with zero attached hydrogens (tertiary/aromatic N) is 2. The van der Waals surface area contributed by atoms with Crippen LogP contribution >= 0.6 is 11.3 Å². The summed E-state index contributed by atoms with van der Waals surface area (Å²) in [5.74, 6) is 2.63. The van der Waals surface area contributed by atoms with Crippen LogP contribution in [-0.2, 0) is 16.2 Å². The van der Waals surface area contributed by atoms with Gasteiger partial charge in [0.25, 0.3) is 0 Å². The third-order valence-electron chi connectivity index (χ3n) is 14.7. The van der Waals surface area contributed by atoms with Gasteiger partial charge < -0.3 is 14.0 Å². The molecule has 4 aliphatic rings. The SMILES string of the molecule is CC(C)(C)c1ccc(N2c3oc4cc5c(cc4c3B3c4c(cc6c(sc7ccccc76)c42)-c2cccc4c2N3c2ccccc2O4)C(C)(C)CCC5(C)C)c(-c2ccccc2)c1. The first kappa shape index (κ1) is 36.4. The molecule has 1 aliphatic carbocycles. The van der Waals surface area contributed by atoms with E-state index in [0.29, 0.717) is 0 Å². The summed E-state index contributed by atoms with van der Waals surface area (Å²) >= 11 is 1.90. The fourth-order valence-electron chi connectivity index (χ4n) is 11.3. The van der Waals surface area contributed by atoms with Crippen LogP contribution in [0.25, 0.3) is 53.4 Å². The van der Waals surface area contributed by atoms with Crippen molar-refractivity contribution in [3.05, 3.63) is 150 Å². The van der Waals surface area contributed by atoms with Gasteiger partial charge in [-0.25, -0.2) is 0 Å². The lowest BCUT2D eigenvalue weighted by Gasteiger charge is -2.46. The maximum absolute atomic E-state index is 7.64. The molecule has 0 bridgehead atoms. The van der Waals surface area contributed by atoms with Crippen molar-refractivity contribution in [3.63, 3.8) is 0 Å². The molecule has 0 unspecified atom stereocenters. The van der Waals surface area contributed by atoms with Crippen LogP contribution in [0.2, 0.25) is 0 Å². The Morgan fingerprint density at radius 2 is 1.32 bits per heavy atom. The Morgan fingerprint density at radius 3 is 2.13 bits per heavy atom. The van der Waals surface area contributed by atoms with E-state index in [9.17, 15) is 0 Å². The van der Waals surface area contributed by atoms with Gasteiger partial charge in [-0.3, -0.25) is 4.90 Å². The quantitative estimate of drug-likeness (QED) is 0.162. The number of para-hydroxylation sites is 3. The van der Waals surface area contributed by atoms with Crippen LogP contribution in [0.3, 0.4) is 0 Å². The summed E-state index contributed by atoms with van der Waals surface area (Å²) in [6.45, 7) is 16.4. The highest BCUT2D eigenvalue weighted by Gasteiger charge is 2.52. The van der Waals surface area contributed by atoms with Crippen molar-refractivity contribution < 1.29 is 9.15 Å². The highest BCUT2D eigenvalue weighted by Crippen LogP contribution is 2.59. The fourth-order valence-corrected chi connectivity index (χ4v) is 12.5. The average molecular weight is 823 g/mol. The second-order valence-electron chi connectivity index (χ2n) is 20.3. The minimum atomic E-state index is -0.201. The molecular weight excluding hydrogens is 776 g/mol. The number of thiophene rings is 1. The van der Waals surface area contributed by atoms with Gasteiger partial charge >= 0.3 is 6.85 Å². The Balaban J connectivity index is 1.24. The molecular formula is C56H47BN2O2S. The van der Waals surface area contributed by atoms with Crippen molar-refractivity contribution in [2.24, 2.45) is 0 Å². The van der Waals surface area contributed by atoms with Crippen LogP contribution in [0.1, 0.15) is 78.0 Å². The Bertz CT molecular complexity index is 3400. The molecule has 9 aromatic rings. The Kier molecular flexibility index (Phi) is 7.19. The van der Waals surface area contributed by atoms with Crippen LogP contribution in [0.4, 0.5) is 28.6 Å². The standard InChI is InChI=1S/C56H47BN2O2S/c1-54(2,3)33-24-25-42(36(28-33)32-16-9-8-10-17-32)58-51-48-37(29-38-34-18-11-14-23-47(34)62-52(38)51)35-19-15-22-45-50(35)59(43-20-12-13-21-44(43)60-45)57(48)49-39-30-40-41(31-46(39)61-53(49)58)56(6,7)27-26-55(40,4)5/h8-25,28-31H,26-27H2,1-7H3. The molecule has 6 heteroatoms. The highest BCUT2D eigenvalue weighted by atomic mass is 32.1. The lowest BCUT2D eigenvalue weighted by Crippen LogP contribution is -2.61. The topological polar surface area (TPSA) is 28.9 Å². The van der Waals surface area contributed by atoms with E-state index in [1.807, 2.05) is 11.3 Å². The van der Waals surface area contributed by atoms with Gasteiger partial charge in [0.05, 0.1) is 27.4 Å². The lowest BCUT2D eigenvalue weighted by molar-refractivity contribution is 0.332. The Hall–Kier alpha value is -6.24. The number of ether oxygens (including phenoxy) is 1. The first-order valence-electron chi connectivity index (χ1n) is 22.2. The van der Waals surface area contributed by atoms with Crippen molar-refractivity contribution in [3.8, 4) is 33.8 Å². The van der Waals surface area contributed by atoms with Crippen molar-refractivity contribution in [1.82, 2.24) is 0 Å². The van der Waals surface area contributed by atoms with E-state index in [1.165, 1.54) is 81.1 Å². The minimum absolute atomic E-state index is 0.0189. The summed E-state index contributed by atoms with van der Waals surface area (Å²) in [6, 6.07) is 49.6. The number of anilines is 5. The van der Waals surface area contributed by atoms with E-state index < -0.39 is 0 Å². The first-order chi connectivity index (χ1) is 29.9. The van der Waals surface area contributed by atoms with Gasteiger partial charge in [0.2, 0.25) is 5.88 Å². The maximum Gasteiger partial charge on any atom is 0.337 e. The van der Waals surface area contributed by atoms with Crippen LogP contribution in [0.15, 0.2) is 138 Å². The van der Waals surface area contributed by atoms with Gasteiger partial charge in [-0.1, -0.05) is 127 Å². The molecule has 4 nitrogen and oxygen atoms in total. The zero-order chi connectivity index (χ0) is 42.0. The average Bonchev–Trinajstić information content (AvgIpc) is 3.84. The fraction of sp³-hybridized carbons (Fsp3) is 0.214. The first-order valence-corrected chi connectivity index (χ1v) is 23.0. The molecule has 0 atom stereocenters. The third-order valence-corrected chi connectivity index (χ3v) is 15.9. The number of hydrogen-bond acceptors (Lipinski definition) is 5. The molecule has 5 heterocycles. The lowest BCUT2D eigenvalue weighted by atomic mass is 9.43. The largest absolute Gasteiger partial charge is 0.453 e. The summed E-state index contributed by atoms with van der Waals surface area (Å²) < 4.78 is 17.0. The van der Waals surface area contributed by atoms with Crippen molar-refractivity contribution in [2.75, 3.05) is 9.71 Å². The molecule has 0 amide bonds. The zero-order valence-corrected chi connectivity index (χ0v) is 37.1. The van der Waals surface area contributed by atoms with Crippen LogP contribution < -0.4 is 25.4 Å². The van der Waals surface area contributed by atoms with Gasteiger partial charge in [0.15, 0.2) is 5.75 Å². The highest BCUT2D eigenvalue weighted by molar-refractivity contribution is 7.26. The summed E-state index contributed by atoms with van der Waals surface area (Å²) in [5.41, 5.74) is 16.9. The van der Waals surface area contributed by atoms with E-state index in [2.05, 4.69) is 192 Å². The summed E-state index contributed by atoms with van der Waals surface area (Å²) in [6.07, 6.45) is 2.27. The summed E-state index contributed by atoms with van der Waals surface area (Å²) in [7, 11) is 0. The molecule has 7 aromatic carbocycles. The van der Waals surface area contributed by atoms with Crippen LogP contribution in [-0.4, -0.2) is 6.85 Å². The predicted octanol–water partition coefficient (Wildman–Crippen LogP) is 14.9. The van der Waals surface area contributed by atoms with E-state index in [-0.39, 0.29) is 23.1 Å². The molecule has 0 saturated heterocycles. The Morgan fingerprint density at radius 1 is 0.597 bits per heavy atom. The molecule has 0 fully saturated rings. The predicted molar refractivity (Wildman–Crippen MR) is 262 cm³/mol. The van der Waals surface area contributed by atoms with Gasteiger partial charge in [-0.15, -0.1) is 11.3 Å². The Labute approximate surface area is 367 Å². The molecule has 0 saturated carbocycles. The normalized spacial score (nSPS) is 16.5. The smallest absolute Gasteiger partial charge is 0.337 e. The van der Waals surface area contributed by atoms with Gasteiger partial charge in [0, 0.05) is 37.4 Å². The van der Waals surface area contributed by atoms with Crippen molar-refractivity contribution in [2.45, 2.75) is 77.6 Å². The van der Waals surface area contributed by atoms with Gasteiger partial charge in [-0.2, -0.15) is 0 Å². The molecule has 302 valence electrons. The number of fused-ring (bicyclic) bond motifs is 13. The van der Waals surface area contributed by atoms with Crippen molar-refractivity contribution in [1.29, 1.82) is 0 Å². The monoisotopic (exact) mass is 822 g/mol. The zero-order valence-electron chi connectivity index (χ0n) is 36.3. The van der Waals surface area contributed by atoms with Gasteiger partial charge in [-0.05, 0) is 117 Å². The number of hydrogen-bond donors (Lipinski definition) is 0. The summed E-state index contributed by atoms with van der Waals surface area (Å²) in [5, 5.41) is 3.72. The molecule has 13 rings (SSSR count). The van der Waals surface area contributed by atoms with Crippen LogP contribution in [0.5, 0.6) is 11.5 Å². The summed E-state index contributed by atoms with van der Waals surface area (Å²) in [4.78, 5) is 5.13. The maximum atomic E-state index is 7.64. The molecule has 3 aliphatic heterocycles. The molecule has 0 radical (unpaired) electrons. The van der Waals surface area contributed by atoms with Crippen molar-refractivity contribution >= 4 is 88.9 Å². The number of rotatable bonds is 2. The number of furan rings is 1. The second-order valence-corrected chi connectivity index (χ2v) is 21.4. The van der Waals surface area contributed by atoms with E-state index in [0.717, 1.165) is 52.9 Å². The minimum Gasteiger partial charge on any atom is -0.453 e. The van der Waals surface area contributed by atoms with Gasteiger partial charge in [0.1, 0.15) is 11.3 Å². The molecule has 2 aromatic heterocycles.